The van der Waals surface area contributed by atoms with E-state index < -0.39 is 30.1 Å². The van der Waals surface area contributed by atoms with Crippen LogP contribution < -0.4 is 4.74 Å². The highest BCUT2D eigenvalue weighted by Gasteiger charge is 2.44. The van der Waals surface area contributed by atoms with E-state index >= 15 is 0 Å². The molecule has 212 valence electrons. The molecule has 2 aromatic rings. The van der Waals surface area contributed by atoms with Gasteiger partial charge in [0.2, 0.25) is 0 Å². The lowest BCUT2D eigenvalue weighted by molar-refractivity contribution is -0.193. The molecule has 1 saturated heterocycles. The molecule has 2 aromatic heterocycles. The molecule has 0 radical (unpaired) electrons. The lowest BCUT2D eigenvalue weighted by Gasteiger charge is -2.30. The van der Waals surface area contributed by atoms with E-state index in [2.05, 4.69) is 20.2 Å². The third-order valence-electron chi connectivity index (χ3n) is 5.13. The van der Waals surface area contributed by atoms with Crippen molar-refractivity contribution in [3.05, 3.63) is 40.2 Å². The summed E-state index contributed by atoms with van der Waals surface area (Å²) in [5.41, 5.74) is 1.05. The number of carbonyl (C=O) groups is 2. The van der Waals surface area contributed by atoms with Gasteiger partial charge in [-0.25, -0.2) is 23.9 Å². The van der Waals surface area contributed by atoms with Gasteiger partial charge in [-0.15, -0.1) is 11.3 Å². The molecule has 1 aliphatic heterocycles. The molecule has 0 aromatic carbocycles. The van der Waals surface area contributed by atoms with E-state index in [-0.39, 0.29) is 24.1 Å². The third-order valence-corrected chi connectivity index (χ3v) is 6.09. The van der Waals surface area contributed by atoms with Gasteiger partial charge in [0.15, 0.2) is 5.82 Å². The number of aliphatic carboxylic acids is 2. The minimum atomic E-state index is -5.08. The third kappa shape index (κ3) is 9.36. The van der Waals surface area contributed by atoms with Gasteiger partial charge in [0.25, 0.3) is 5.88 Å². The highest BCUT2D eigenvalue weighted by Crippen LogP contribution is 2.34. The maximum Gasteiger partial charge on any atom is 0.490 e. The second-order valence-electron chi connectivity index (χ2n) is 7.89. The van der Waals surface area contributed by atoms with E-state index in [1.165, 1.54) is 6.07 Å². The van der Waals surface area contributed by atoms with E-state index in [4.69, 9.17) is 29.3 Å². The van der Waals surface area contributed by atoms with E-state index in [1.807, 2.05) is 6.92 Å². The first-order valence-corrected chi connectivity index (χ1v) is 11.6. The van der Waals surface area contributed by atoms with Gasteiger partial charge < -0.3 is 19.7 Å². The quantitative estimate of drug-likeness (QED) is 0.518. The van der Waals surface area contributed by atoms with Crippen molar-refractivity contribution in [3.63, 3.8) is 0 Å². The number of hydrogen-bond acceptors (Lipinski definition) is 8. The molecule has 3 atom stereocenters. The minimum absolute atomic E-state index is 0.000521. The Hall–Kier alpha value is -3.05. The number of thiazole rings is 1. The molecule has 17 heteroatoms. The van der Waals surface area contributed by atoms with Gasteiger partial charge in [-0.05, 0) is 31.9 Å². The zero-order valence-corrected chi connectivity index (χ0v) is 20.3. The number of rotatable bonds is 4. The fourth-order valence-corrected chi connectivity index (χ4v) is 4.35. The number of halogens is 7. The maximum atomic E-state index is 13.9. The average molecular weight is 577 g/mol. The van der Waals surface area contributed by atoms with Crippen LogP contribution >= 0.6 is 11.3 Å². The van der Waals surface area contributed by atoms with Crippen LogP contribution in [-0.4, -0.2) is 80.8 Å². The number of ether oxygens (including phenoxy) is 2. The van der Waals surface area contributed by atoms with Crippen LogP contribution in [-0.2, 0) is 20.9 Å². The van der Waals surface area contributed by atoms with Crippen molar-refractivity contribution in [2.24, 2.45) is 0 Å². The number of alkyl halides is 6. The van der Waals surface area contributed by atoms with Crippen molar-refractivity contribution in [2.45, 2.75) is 56.9 Å². The summed E-state index contributed by atoms with van der Waals surface area (Å²) in [6.45, 7) is 4.29. The number of aryl methyl sites for hydroxylation is 1. The number of carboxylic acids is 2. The monoisotopic (exact) mass is 577 g/mol. The molecular weight excluding hydrogens is 555 g/mol. The molecular formula is C21H22F7N3O6S. The number of carboxylic acid groups (broad SMARTS) is 2. The lowest BCUT2D eigenvalue weighted by Crippen LogP contribution is -2.44. The van der Waals surface area contributed by atoms with E-state index in [9.17, 15) is 30.7 Å². The molecule has 1 aliphatic carbocycles. The zero-order valence-electron chi connectivity index (χ0n) is 19.5. The summed E-state index contributed by atoms with van der Waals surface area (Å²) in [4.78, 5) is 28.7. The summed E-state index contributed by atoms with van der Waals surface area (Å²) < 4.78 is 89.3. The van der Waals surface area contributed by atoms with Crippen LogP contribution in [0.25, 0.3) is 0 Å². The fraction of sp³-hybridized carbons (Fsp3) is 0.524. The van der Waals surface area contributed by atoms with E-state index in [1.54, 1.807) is 23.6 Å². The molecule has 0 spiro atoms. The standard InChI is InChI=1S/C17H20FN3O2S.2C2HF3O2/c1-11-10-24-15(20-11)9-21-7-8-22-14-5-4-13(21)16(14)23-17-12(18)3-2-6-19-17;2*3-2(4,5)1(6)7/h2-3,6,10,13-14,16H,4-5,7-9H2,1H3;2*(H,6,7). The molecule has 9 nitrogen and oxygen atoms in total. The Morgan fingerprint density at radius 2 is 1.76 bits per heavy atom. The SMILES string of the molecule is Cc1csc(CN2CCOC3CCC2C3Oc2ncccc2F)n1.O=C(O)C(F)(F)F.O=C(O)C(F)(F)F. The van der Waals surface area contributed by atoms with Crippen molar-refractivity contribution in [3.8, 4) is 5.88 Å². The Morgan fingerprint density at radius 1 is 1.16 bits per heavy atom. The van der Waals surface area contributed by atoms with E-state index in [0.29, 0.717) is 6.61 Å². The van der Waals surface area contributed by atoms with Crippen LogP contribution in [0.1, 0.15) is 23.5 Å². The largest absolute Gasteiger partial charge is 0.490 e. The first-order valence-electron chi connectivity index (χ1n) is 10.7. The van der Waals surface area contributed by atoms with Crippen molar-refractivity contribution in [2.75, 3.05) is 13.2 Å². The Morgan fingerprint density at radius 3 is 2.26 bits per heavy atom. The summed E-state index contributed by atoms with van der Waals surface area (Å²) in [6, 6.07) is 3.14. The number of nitrogens with zero attached hydrogens (tertiary/aromatic N) is 3. The summed E-state index contributed by atoms with van der Waals surface area (Å²) >= 11 is 1.68. The van der Waals surface area contributed by atoms with Gasteiger partial charge in [0, 0.05) is 29.9 Å². The smallest absolute Gasteiger partial charge is 0.475 e. The van der Waals surface area contributed by atoms with Gasteiger partial charge in [0.05, 0.1) is 19.3 Å². The summed E-state index contributed by atoms with van der Waals surface area (Å²) in [6.07, 6.45) is -6.91. The average Bonchev–Trinajstić information content (AvgIpc) is 3.34. The first kappa shape index (κ1) is 31.2. The number of fused-ring (bicyclic) bond motifs is 2. The van der Waals surface area contributed by atoms with Gasteiger partial charge in [-0.1, -0.05) is 0 Å². The van der Waals surface area contributed by atoms with Crippen LogP contribution in [0.4, 0.5) is 30.7 Å². The van der Waals surface area contributed by atoms with Crippen LogP contribution in [0.15, 0.2) is 23.7 Å². The number of pyridine rings is 1. The van der Waals surface area contributed by atoms with Crippen LogP contribution in [0.5, 0.6) is 5.88 Å². The second-order valence-corrected chi connectivity index (χ2v) is 8.83. The molecule has 2 bridgehead atoms. The summed E-state index contributed by atoms with van der Waals surface area (Å²) in [5, 5.41) is 17.4. The highest BCUT2D eigenvalue weighted by molar-refractivity contribution is 7.09. The minimum Gasteiger partial charge on any atom is -0.475 e. The molecule has 2 N–H and O–H groups in total. The predicted octanol–water partition coefficient (Wildman–Crippen LogP) is 4.06. The highest BCUT2D eigenvalue weighted by atomic mass is 32.1. The Kier molecular flexibility index (Phi) is 10.8. The number of aromatic nitrogens is 2. The molecule has 38 heavy (non-hydrogen) atoms. The first-order chi connectivity index (χ1) is 17.6. The van der Waals surface area contributed by atoms with Crippen molar-refractivity contribution in [1.82, 2.24) is 14.9 Å². The van der Waals surface area contributed by atoms with Gasteiger partial charge in [-0.2, -0.15) is 26.3 Å². The Balaban J connectivity index is 0.000000301. The second kappa shape index (κ2) is 13.1. The van der Waals surface area contributed by atoms with Gasteiger partial charge in [-0.3, -0.25) is 4.90 Å². The summed E-state index contributed by atoms with van der Waals surface area (Å²) in [7, 11) is 0. The Labute approximate surface area is 214 Å². The molecule has 4 rings (SSSR count). The van der Waals surface area contributed by atoms with E-state index in [0.717, 1.165) is 36.6 Å². The van der Waals surface area contributed by atoms with Gasteiger partial charge >= 0.3 is 24.3 Å². The molecule has 3 unspecified atom stereocenters. The van der Waals surface area contributed by atoms with Crippen LogP contribution in [0, 0.1) is 12.7 Å². The molecule has 0 amide bonds. The fourth-order valence-electron chi connectivity index (χ4n) is 3.55. The molecule has 1 saturated carbocycles. The van der Waals surface area contributed by atoms with Crippen molar-refractivity contribution >= 4 is 23.3 Å². The number of hydrogen-bond donors (Lipinski definition) is 2. The van der Waals surface area contributed by atoms with Crippen molar-refractivity contribution in [1.29, 1.82) is 0 Å². The van der Waals surface area contributed by atoms with Crippen molar-refractivity contribution < 1.29 is 60.0 Å². The summed E-state index contributed by atoms with van der Waals surface area (Å²) in [5.74, 6) is -5.88. The topological polar surface area (TPSA) is 122 Å². The normalized spacial score (nSPS) is 21.3. The Bertz CT molecular complexity index is 1060. The van der Waals surface area contributed by atoms with Crippen LogP contribution in [0.2, 0.25) is 0 Å². The zero-order chi connectivity index (χ0) is 28.7. The maximum absolute atomic E-state index is 13.9. The lowest BCUT2D eigenvalue weighted by atomic mass is 10.1. The molecule has 2 fully saturated rings. The molecule has 2 aliphatic rings. The predicted molar refractivity (Wildman–Crippen MR) is 116 cm³/mol. The molecule has 3 heterocycles. The van der Waals surface area contributed by atoms with Gasteiger partial charge in [0.1, 0.15) is 11.1 Å². The van der Waals surface area contributed by atoms with Crippen LogP contribution in [0.3, 0.4) is 0 Å².